The molecule has 0 saturated heterocycles. The molecule has 1 aliphatic carbocycles. The van der Waals surface area contributed by atoms with Crippen LogP contribution in [0, 0.1) is 5.82 Å². The van der Waals surface area contributed by atoms with E-state index in [1.165, 1.54) is 0 Å². The molecule has 0 atom stereocenters. The maximum absolute atomic E-state index is 12.9. The summed E-state index contributed by atoms with van der Waals surface area (Å²) in [5.41, 5.74) is -0.710. The van der Waals surface area contributed by atoms with Crippen molar-refractivity contribution >= 4 is 17.6 Å². The molecule has 74 valence electrons. The predicted molar refractivity (Wildman–Crippen MR) is 47.8 cm³/mol. The number of nitrogens with zero attached hydrogens (tertiary/aromatic N) is 1. The predicted octanol–water partition coefficient (Wildman–Crippen LogP) is 1.99. The zero-order valence-corrected chi connectivity index (χ0v) is 7.88. The summed E-state index contributed by atoms with van der Waals surface area (Å²) in [6.07, 6.45) is 1.96. The van der Waals surface area contributed by atoms with Crippen LogP contribution in [0.2, 0.25) is 5.15 Å². The molecule has 3 nitrogen and oxygen atoms in total. The highest BCUT2D eigenvalue weighted by Gasteiger charge is 2.53. The van der Waals surface area contributed by atoms with Crippen LogP contribution in [-0.4, -0.2) is 16.1 Å². The fraction of sp³-hybridized carbons (Fsp3) is 0.333. The third kappa shape index (κ3) is 1.26. The van der Waals surface area contributed by atoms with Gasteiger partial charge >= 0.3 is 5.97 Å². The molecular formula is C9H7ClFNO2. The van der Waals surface area contributed by atoms with Gasteiger partial charge in [-0.25, -0.2) is 9.37 Å². The van der Waals surface area contributed by atoms with E-state index in [0.717, 1.165) is 12.3 Å². The number of hydrogen-bond donors (Lipinski definition) is 1. The van der Waals surface area contributed by atoms with Gasteiger partial charge in [-0.2, -0.15) is 0 Å². The topological polar surface area (TPSA) is 50.2 Å². The molecule has 1 fully saturated rings. The van der Waals surface area contributed by atoms with Gasteiger partial charge in [0.15, 0.2) is 0 Å². The first-order chi connectivity index (χ1) is 6.56. The van der Waals surface area contributed by atoms with Crippen LogP contribution in [0.3, 0.4) is 0 Å². The van der Waals surface area contributed by atoms with Crippen molar-refractivity contribution in [1.82, 2.24) is 4.98 Å². The number of carbonyl (C=O) groups is 1. The number of hydrogen-bond acceptors (Lipinski definition) is 2. The molecule has 0 spiro atoms. The lowest BCUT2D eigenvalue weighted by Crippen LogP contribution is -2.20. The highest BCUT2D eigenvalue weighted by atomic mass is 35.5. The molecule has 1 N–H and O–H groups in total. The third-order valence-corrected chi connectivity index (χ3v) is 2.78. The summed E-state index contributed by atoms with van der Waals surface area (Å²) < 4.78 is 12.9. The maximum atomic E-state index is 12.9. The van der Waals surface area contributed by atoms with Gasteiger partial charge in [0.25, 0.3) is 0 Å². The lowest BCUT2D eigenvalue weighted by atomic mass is 9.98. The molecule has 0 aromatic carbocycles. The molecule has 5 heteroatoms. The molecule has 0 aliphatic heterocycles. The average molecular weight is 216 g/mol. The van der Waals surface area contributed by atoms with Gasteiger partial charge in [0, 0.05) is 5.56 Å². The second kappa shape index (κ2) is 2.92. The molecule has 1 aromatic heterocycles. The fourth-order valence-electron chi connectivity index (χ4n) is 1.48. The van der Waals surface area contributed by atoms with E-state index in [1.807, 2.05) is 0 Å². The summed E-state index contributed by atoms with van der Waals surface area (Å²) >= 11 is 5.72. The lowest BCUT2D eigenvalue weighted by molar-refractivity contribution is -0.140. The quantitative estimate of drug-likeness (QED) is 0.768. The van der Waals surface area contributed by atoms with Crippen LogP contribution in [0.15, 0.2) is 12.3 Å². The smallest absolute Gasteiger partial charge is 0.314 e. The van der Waals surface area contributed by atoms with Crippen LogP contribution >= 0.6 is 11.6 Å². The van der Waals surface area contributed by atoms with Gasteiger partial charge < -0.3 is 5.11 Å². The zero-order chi connectivity index (χ0) is 10.3. The first-order valence-electron chi connectivity index (χ1n) is 4.11. The summed E-state index contributed by atoms with van der Waals surface area (Å²) in [5.74, 6) is -1.52. The van der Waals surface area contributed by atoms with Crippen LogP contribution in [0.1, 0.15) is 18.4 Å². The summed E-state index contributed by atoms with van der Waals surface area (Å²) in [7, 11) is 0. The minimum Gasteiger partial charge on any atom is -0.481 e. The van der Waals surface area contributed by atoms with Crippen LogP contribution in [0.5, 0.6) is 0 Å². The van der Waals surface area contributed by atoms with Crippen molar-refractivity contribution in [3.05, 3.63) is 28.8 Å². The van der Waals surface area contributed by atoms with Gasteiger partial charge in [0.05, 0.1) is 11.6 Å². The molecule has 0 unspecified atom stereocenters. The summed E-state index contributed by atoms with van der Waals surface area (Å²) in [6, 6.07) is 1.15. The van der Waals surface area contributed by atoms with Crippen molar-refractivity contribution in [3.8, 4) is 0 Å². The number of aromatic nitrogens is 1. The number of rotatable bonds is 2. The molecule has 1 saturated carbocycles. The highest BCUT2D eigenvalue weighted by molar-refractivity contribution is 6.30. The van der Waals surface area contributed by atoms with Gasteiger partial charge in [0.2, 0.25) is 0 Å². The van der Waals surface area contributed by atoms with E-state index in [9.17, 15) is 9.18 Å². The molecule has 0 bridgehead atoms. The number of pyridine rings is 1. The number of halogens is 2. The number of carboxylic acid groups (broad SMARTS) is 1. The Hall–Kier alpha value is -1.16. The van der Waals surface area contributed by atoms with Crippen molar-refractivity contribution in [1.29, 1.82) is 0 Å². The zero-order valence-electron chi connectivity index (χ0n) is 7.13. The molecule has 1 heterocycles. The van der Waals surface area contributed by atoms with E-state index < -0.39 is 17.2 Å². The number of carboxylic acids is 1. The van der Waals surface area contributed by atoms with Gasteiger partial charge in [0.1, 0.15) is 11.0 Å². The Kier molecular flexibility index (Phi) is 1.96. The Balaban J connectivity index is 2.51. The normalized spacial score (nSPS) is 17.9. The van der Waals surface area contributed by atoms with E-state index in [2.05, 4.69) is 4.98 Å². The minimum atomic E-state index is -0.994. The monoisotopic (exact) mass is 215 g/mol. The Morgan fingerprint density at radius 3 is 2.79 bits per heavy atom. The SMILES string of the molecule is O=C(O)C1(c2cc(F)cnc2Cl)CC1. The lowest BCUT2D eigenvalue weighted by Gasteiger charge is -2.10. The van der Waals surface area contributed by atoms with Crippen LogP contribution < -0.4 is 0 Å². The number of aliphatic carboxylic acids is 1. The Bertz CT molecular complexity index is 404. The van der Waals surface area contributed by atoms with Crippen LogP contribution in [0.25, 0.3) is 0 Å². The fourth-order valence-corrected chi connectivity index (χ4v) is 1.77. The van der Waals surface area contributed by atoms with E-state index in [1.54, 1.807) is 0 Å². The maximum Gasteiger partial charge on any atom is 0.314 e. The molecule has 2 rings (SSSR count). The molecule has 0 radical (unpaired) electrons. The van der Waals surface area contributed by atoms with E-state index in [4.69, 9.17) is 16.7 Å². The van der Waals surface area contributed by atoms with E-state index >= 15 is 0 Å². The summed E-state index contributed by atoms with van der Waals surface area (Å²) in [5, 5.41) is 9.04. The van der Waals surface area contributed by atoms with E-state index in [-0.39, 0.29) is 10.7 Å². The van der Waals surface area contributed by atoms with E-state index in [0.29, 0.717) is 12.8 Å². The molecule has 1 aromatic rings. The van der Waals surface area contributed by atoms with Crippen molar-refractivity contribution in [2.24, 2.45) is 0 Å². The molecule has 1 aliphatic rings. The molecule has 14 heavy (non-hydrogen) atoms. The van der Waals surface area contributed by atoms with Crippen molar-refractivity contribution < 1.29 is 14.3 Å². The minimum absolute atomic E-state index is 0.0753. The Labute approximate surface area is 84.5 Å². The molecule has 0 amide bonds. The van der Waals surface area contributed by atoms with Gasteiger partial charge in [-0.1, -0.05) is 11.6 Å². The standard InChI is InChI=1S/C9H7ClFNO2/c10-7-6(3-5(11)4-12-7)9(1-2-9)8(13)14/h3-4H,1-2H2,(H,13,14). The van der Waals surface area contributed by atoms with Crippen molar-refractivity contribution in [3.63, 3.8) is 0 Å². The van der Waals surface area contributed by atoms with Crippen molar-refractivity contribution in [2.75, 3.05) is 0 Å². The average Bonchev–Trinajstić information content (AvgIpc) is 2.90. The van der Waals surface area contributed by atoms with Crippen LogP contribution in [-0.2, 0) is 10.2 Å². The highest BCUT2D eigenvalue weighted by Crippen LogP contribution is 2.50. The Morgan fingerprint density at radius 1 is 1.64 bits per heavy atom. The first-order valence-corrected chi connectivity index (χ1v) is 4.49. The van der Waals surface area contributed by atoms with Gasteiger partial charge in [-0.05, 0) is 18.9 Å². The molecular weight excluding hydrogens is 209 g/mol. The summed E-state index contributed by atoms with van der Waals surface area (Å²) in [4.78, 5) is 14.5. The summed E-state index contributed by atoms with van der Waals surface area (Å²) in [6.45, 7) is 0. The van der Waals surface area contributed by atoms with Crippen LogP contribution in [0.4, 0.5) is 4.39 Å². The third-order valence-electron chi connectivity index (χ3n) is 2.48. The van der Waals surface area contributed by atoms with Crippen molar-refractivity contribution in [2.45, 2.75) is 18.3 Å². The van der Waals surface area contributed by atoms with Gasteiger partial charge in [-0.3, -0.25) is 4.79 Å². The Morgan fingerprint density at radius 2 is 2.29 bits per heavy atom. The van der Waals surface area contributed by atoms with Gasteiger partial charge in [-0.15, -0.1) is 0 Å². The first kappa shape index (κ1) is 9.40. The second-order valence-corrected chi connectivity index (χ2v) is 3.74. The largest absolute Gasteiger partial charge is 0.481 e. The second-order valence-electron chi connectivity index (χ2n) is 3.38.